The molecule has 2 rings (SSSR count). The highest BCUT2D eigenvalue weighted by molar-refractivity contribution is 9.11. The van der Waals surface area contributed by atoms with Crippen molar-refractivity contribution in [3.63, 3.8) is 0 Å². The highest BCUT2D eigenvalue weighted by Crippen LogP contribution is 2.16. The molecule has 0 aromatic carbocycles. The Morgan fingerprint density at radius 3 is 3.33 bits per heavy atom. The van der Waals surface area contributed by atoms with Gasteiger partial charge in [0.15, 0.2) is 3.92 Å². The minimum atomic E-state index is 0.807. The van der Waals surface area contributed by atoms with E-state index in [1.807, 2.05) is 0 Å². The molecule has 0 bridgehead atoms. The van der Waals surface area contributed by atoms with Crippen LogP contribution in [0.1, 0.15) is 0 Å². The van der Waals surface area contributed by atoms with E-state index >= 15 is 0 Å². The van der Waals surface area contributed by atoms with Crippen LogP contribution >= 0.6 is 27.3 Å². The van der Waals surface area contributed by atoms with Crippen LogP contribution in [0, 0.1) is 0 Å². The van der Waals surface area contributed by atoms with Gasteiger partial charge >= 0.3 is 0 Å². The SMILES string of the molecule is Brc1nn2cnnc2s1. The fourth-order valence-corrected chi connectivity index (χ4v) is 1.69. The molecule has 46 valence electrons. The van der Waals surface area contributed by atoms with Crippen LogP contribution in [-0.2, 0) is 0 Å². The second-order valence-corrected chi connectivity index (χ2v) is 3.65. The molecule has 0 unspecified atom stereocenters. The molecular formula is C3HBrN4S. The summed E-state index contributed by atoms with van der Waals surface area (Å²) in [5, 5.41) is 11.4. The summed E-state index contributed by atoms with van der Waals surface area (Å²) in [6, 6.07) is 0. The smallest absolute Gasteiger partial charge is 0.190 e. The summed E-state index contributed by atoms with van der Waals surface area (Å²) in [4.78, 5) is 0.807. The molecule has 0 atom stereocenters. The molecule has 4 nitrogen and oxygen atoms in total. The van der Waals surface area contributed by atoms with E-state index in [9.17, 15) is 0 Å². The zero-order valence-electron chi connectivity index (χ0n) is 4.15. The largest absolute Gasteiger partial charge is 0.235 e. The lowest BCUT2D eigenvalue weighted by atomic mass is 11.3. The summed E-state index contributed by atoms with van der Waals surface area (Å²) < 4.78 is 2.45. The average molecular weight is 205 g/mol. The van der Waals surface area contributed by atoms with Gasteiger partial charge in [-0.1, -0.05) is 11.3 Å². The maximum Gasteiger partial charge on any atom is 0.235 e. The summed E-state index contributed by atoms with van der Waals surface area (Å²) in [7, 11) is 0. The van der Waals surface area contributed by atoms with Crippen LogP contribution in [0.25, 0.3) is 4.96 Å². The summed E-state index contributed by atoms with van der Waals surface area (Å²) in [5.41, 5.74) is 0. The van der Waals surface area contributed by atoms with Gasteiger partial charge in [0, 0.05) is 0 Å². The van der Waals surface area contributed by atoms with Crippen LogP contribution in [-0.4, -0.2) is 19.8 Å². The first kappa shape index (κ1) is 5.31. The lowest BCUT2D eigenvalue weighted by Crippen LogP contribution is -1.76. The number of aromatic nitrogens is 4. The van der Waals surface area contributed by atoms with Gasteiger partial charge in [-0.05, 0) is 15.9 Å². The highest BCUT2D eigenvalue weighted by Gasteiger charge is 1.99. The lowest BCUT2D eigenvalue weighted by molar-refractivity contribution is 0.942. The predicted molar refractivity (Wildman–Crippen MR) is 36.4 cm³/mol. The number of halogens is 1. The van der Waals surface area contributed by atoms with Gasteiger partial charge in [0.05, 0.1) is 0 Å². The Morgan fingerprint density at radius 1 is 1.67 bits per heavy atom. The van der Waals surface area contributed by atoms with Crippen LogP contribution in [0.4, 0.5) is 0 Å². The van der Waals surface area contributed by atoms with Crippen molar-refractivity contribution in [2.24, 2.45) is 0 Å². The minimum absolute atomic E-state index is 0.807. The van der Waals surface area contributed by atoms with Crippen molar-refractivity contribution >= 4 is 32.2 Å². The average Bonchev–Trinajstić information content (AvgIpc) is 2.22. The van der Waals surface area contributed by atoms with Gasteiger partial charge in [0.25, 0.3) is 0 Å². The van der Waals surface area contributed by atoms with E-state index in [-0.39, 0.29) is 0 Å². The molecule has 2 aromatic rings. The predicted octanol–water partition coefficient (Wildman–Crippen LogP) is 0.948. The first-order valence-electron chi connectivity index (χ1n) is 2.18. The Bertz CT molecular complexity index is 297. The Labute approximate surface area is 62.7 Å². The topological polar surface area (TPSA) is 43.1 Å². The summed E-state index contributed by atoms with van der Waals surface area (Å²) in [6.45, 7) is 0. The van der Waals surface area contributed by atoms with Crippen molar-refractivity contribution < 1.29 is 0 Å². The maximum atomic E-state index is 4.00. The fraction of sp³-hybridized carbons (Fsp3) is 0. The molecule has 0 fully saturated rings. The third kappa shape index (κ3) is 0.744. The van der Waals surface area contributed by atoms with Gasteiger partial charge in [-0.25, -0.2) is 0 Å². The van der Waals surface area contributed by atoms with Crippen molar-refractivity contribution in [1.29, 1.82) is 0 Å². The van der Waals surface area contributed by atoms with Crippen LogP contribution in [0.3, 0.4) is 0 Å². The Morgan fingerprint density at radius 2 is 2.56 bits per heavy atom. The minimum Gasteiger partial charge on any atom is -0.190 e. The Kier molecular flexibility index (Phi) is 1.03. The van der Waals surface area contributed by atoms with Crippen molar-refractivity contribution in [1.82, 2.24) is 19.8 Å². The Balaban J connectivity index is 2.92. The molecule has 2 aromatic heterocycles. The van der Waals surface area contributed by atoms with E-state index in [1.54, 1.807) is 10.8 Å². The highest BCUT2D eigenvalue weighted by atomic mass is 79.9. The Hall–Kier alpha value is -0.490. The van der Waals surface area contributed by atoms with E-state index in [1.165, 1.54) is 11.3 Å². The number of rotatable bonds is 0. The number of hydrogen-bond acceptors (Lipinski definition) is 4. The second-order valence-electron chi connectivity index (χ2n) is 1.41. The van der Waals surface area contributed by atoms with Gasteiger partial charge in [-0.3, -0.25) is 0 Å². The molecule has 0 N–H and O–H groups in total. The molecule has 0 spiro atoms. The van der Waals surface area contributed by atoms with E-state index < -0.39 is 0 Å². The van der Waals surface area contributed by atoms with Gasteiger partial charge in [-0.15, -0.1) is 15.3 Å². The molecular weight excluding hydrogens is 204 g/mol. The fourth-order valence-electron chi connectivity index (χ4n) is 0.536. The number of nitrogens with zero attached hydrogens (tertiary/aromatic N) is 4. The molecule has 2 heterocycles. The molecule has 0 aliphatic heterocycles. The van der Waals surface area contributed by atoms with Crippen molar-refractivity contribution in [2.45, 2.75) is 0 Å². The van der Waals surface area contributed by atoms with E-state index in [2.05, 4.69) is 31.2 Å². The quantitative estimate of drug-likeness (QED) is 0.642. The molecule has 0 saturated carbocycles. The summed E-state index contributed by atoms with van der Waals surface area (Å²) in [6.07, 6.45) is 1.57. The van der Waals surface area contributed by atoms with Crippen molar-refractivity contribution in [3.05, 3.63) is 10.2 Å². The first-order chi connectivity index (χ1) is 4.36. The molecule has 0 radical (unpaired) electrons. The first-order valence-corrected chi connectivity index (χ1v) is 3.79. The zero-order chi connectivity index (χ0) is 6.27. The normalized spacial score (nSPS) is 10.8. The third-order valence-electron chi connectivity index (χ3n) is 0.862. The lowest BCUT2D eigenvalue weighted by Gasteiger charge is -1.68. The summed E-state index contributed by atoms with van der Waals surface area (Å²) in [5.74, 6) is 0. The van der Waals surface area contributed by atoms with Crippen LogP contribution in [0.2, 0.25) is 0 Å². The van der Waals surface area contributed by atoms with E-state index in [0.29, 0.717) is 0 Å². The van der Waals surface area contributed by atoms with Gasteiger partial charge in [0.1, 0.15) is 6.33 Å². The van der Waals surface area contributed by atoms with Crippen molar-refractivity contribution in [3.8, 4) is 0 Å². The van der Waals surface area contributed by atoms with E-state index in [0.717, 1.165) is 8.88 Å². The molecule has 6 heteroatoms. The second kappa shape index (κ2) is 1.74. The maximum absolute atomic E-state index is 4.00. The standard InChI is InChI=1S/C3HBrN4S/c4-2-7-8-1-5-6-3(8)9-2/h1H. The van der Waals surface area contributed by atoms with Gasteiger partial charge in [0.2, 0.25) is 4.96 Å². The van der Waals surface area contributed by atoms with Crippen LogP contribution < -0.4 is 0 Å². The molecule has 9 heavy (non-hydrogen) atoms. The summed E-state index contributed by atoms with van der Waals surface area (Å²) >= 11 is 4.68. The van der Waals surface area contributed by atoms with Crippen LogP contribution in [0.15, 0.2) is 10.2 Å². The van der Waals surface area contributed by atoms with Gasteiger partial charge in [-0.2, -0.15) is 4.52 Å². The monoisotopic (exact) mass is 204 g/mol. The molecule has 0 aliphatic rings. The molecule has 0 saturated heterocycles. The zero-order valence-corrected chi connectivity index (χ0v) is 6.55. The number of hydrogen-bond donors (Lipinski definition) is 0. The molecule has 0 aliphatic carbocycles. The third-order valence-corrected chi connectivity index (χ3v) is 2.21. The molecule has 0 amide bonds. The van der Waals surface area contributed by atoms with Gasteiger partial charge < -0.3 is 0 Å². The van der Waals surface area contributed by atoms with Crippen molar-refractivity contribution in [2.75, 3.05) is 0 Å². The van der Waals surface area contributed by atoms with E-state index in [4.69, 9.17) is 0 Å². The van der Waals surface area contributed by atoms with Crippen LogP contribution in [0.5, 0.6) is 0 Å². The number of fused-ring (bicyclic) bond motifs is 1.